The molecule has 2 fully saturated rings. The Labute approximate surface area is 192 Å². The Morgan fingerprint density at radius 2 is 1.84 bits per heavy atom. The van der Waals surface area contributed by atoms with Gasteiger partial charge in [-0.15, -0.1) is 0 Å². The van der Waals surface area contributed by atoms with Crippen molar-refractivity contribution in [2.24, 2.45) is 5.92 Å². The van der Waals surface area contributed by atoms with Crippen LogP contribution in [0.15, 0.2) is 42.6 Å². The van der Waals surface area contributed by atoms with Crippen LogP contribution in [0.4, 0.5) is 10.6 Å². The minimum absolute atomic E-state index is 0.00615. The van der Waals surface area contributed by atoms with E-state index in [1.165, 1.54) is 38.5 Å². The molecule has 1 N–H and O–H groups in total. The van der Waals surface area contributed by atoms with Crippen molar-refractivity contribution in [2.45, 2.75) is 64.6 Å². The van der Waals surface area contributed by atoms with Gasteiger partial charge in [-0.2, -0.15) is 0 Å². The van der Waals surface area contributed by atoms with E-state index in [0.29, 0.717) is 19.0 Å². The number of carbonyl (C=O) groups excluding carboxylic acids is 1. The molecule has 0 radical (unpaired) electrons. The van der Waals surface area contributed by atoms with Gasteiger partial charge in [0.25, 0.3) is 0 Å². The zero-order chi connectivity index (χ0) is 22.3. The van der Waals surface area contributed by atoms with Gasteiger partial charge in [-0.3, -0.25) is 0 Å². The predicted octanol–water partition coefficient (Wildman–Crippen LogP) is 4.98. The molecular weight excluding hydrogens is 400 g/mol. The van der Waals surface area contributed by atoms with Gasteiger partial charge in [-0.1, -0.05) is 25.0 Å². The quantitative estimate of drug-likeness (QED) is 0.634. The molecule has 172 valence electrons. The zero-order valence-corrected chi connectivity index (χ0v) is 19.4. The third kappa shape index (κ3) is 5.93. The largest absolute Gasteiger partial charge is 0.497 e. The van der Waals surface area contributed by atoms with Crippen LogP contribution in [-0.4, -0.2) is 42.2 Å². The minimum atomic E-state index is -0.00615. The first-order valence-corrected chi connectivity index (χ1v) is 12.0. The van der Waals surface area contributed by atoms with Crippen LogP contribution in [0.3, 0.4) is 0 Å². The number of benzene rings is 1. The number of methoxy groups -OCH3 is 1. The molecule has 1 aromatic heterocycles. The van der Waals surface area contributed by atoms with E-state index in [9.17, 15) is 4.79 Å². The van der Waals surface area contributed by atoms with Crippen molar-refractivity contribution in [3.8, 4) is 5.75 Å². The molecule has 2 aliphatic rings. The van der Waals surface area contributed by atoms with E-state index < -0.39 is 0 Å². The first kappa shape index (κ1) is 22.4. The number of pyridine rings is 1. The number of urea groups is 1. The molecule has 1 atom stereocenters. The third-order valence-electron chi connectivity index (χ3n) is 6.75. The summed E-state index contributed by atoms with van der Waals surface area (Å²) in [6.45, 7) is 5.42. The van der Waals surface area contributed by atoms with Gasteiger partial charge in [0, 0.05) is 38.4 Å². The van der Waals surface area contributed by atoms with Crippen LogP contribution < -0.4 is 15.0 Å². The molecule has 1 saturated carbocycles. The number of nitrogens with one attached hydrogen (secondary N) is 1. The average Bonchev–Trinajstić information content (AvgIpc) is 3.69. The molecule has 4 rings (SSSR count). The summed E-state index contributed by atoms with van der Waals surface area (Å²) in [6.07, 6.45) is 9.33. The molecular formula is C26H36N4O2. The number of carbonyl (C=O) groups is 1. The molecule has 6 heteroatoms. The average molecular weight is 437 g/mol. The van der Waals surface area contributed by atoms with Crippen LogP contribution in [0.5, 0.6) is 5.75 Å². The van der Waals surface area contributed by atoms with Crippen molar-refractivity contribution in [3.05, 3.63) is 53.7 Å². The van der Waals surface area contributed by atoms with Crippen molar-refractivity contribution in [2.75, 3.05) is 25.1 Å². The number of hydrogen-bond acceptors (Lipinski definition) is 4. The maximum absolute atomic E-state index is 13.2. The molecule has 0 bridgehead atoms. The van der Waals surface area contributed by atoms with E-state index in [2.05, 4.69) is 28.2 Å². The summed E-state index contributed by atoms with van der Waals surface area (Å²) in [7, 11) is 1.67. The molecule has 1 saturated heterocycles. The maximum atomic E-state index is 13.2. The Morgan fingerprint density at radius 3 is 2.50 bits per heavy atom. The Balaban J connectivity index is 1.40. The summed E-state index contributed by atoms with van der Waals surface area (Å²) >= 11 is 0. The Kier molecular flexibility index (Phi) is 7.51. The van der Waals surface area contributed by atoms with E-state index in [1.807, 2.05) is 41.4 Å². The standard InChI is InChI=1S/C26H36N4O2/c1-20(23-9-10-23)30(19-21-7-11-24(32-2)12-8-21)26(31)28-18-22-13-14-27-25(17-22)29-15-5-3-4-6-16-29/h7-8,11-14,17,20,23H,3-6,9-10,15-16,18-19H2,1-2H3,(H,28,31). The van der Waals surface area contributed by atoms with Gasteiger partial charge >= 0.3 is 6.03 Å². The van der Waals surface area contributed by atoms with Gasteiger partial charge in [0.1, 0.15) is 11.6 Å². The second-order valence-corrected chi connectivity index (χ2v) is 9.14. The number of rotatable bonds is 8. The lowest BCUT2D eigenvalue weighted by molar-refractivity contribution is 0.167. The fourth-order valence-electron chi connectivity index (χ4n) is 4.48. The lowest BCUT2D eigenvalue weighted by Gasteiger charge is -2.30. The van der Waals surface area contributed by atoms with Crippen molar-refractivity contribution in [1.82, 2.24) is 15.2 Å². The Morgan fingerprint density at radius 1 is 1.12 bits per heavy atom. The van der Waals surface area contributed by atoms with E-state index in [4.69, 9.17) is 4.74 Å². The number of anilines is 1. The number of hydrogen-bond donors (Lipinski definition) is 1. The topological polar surface area (TPSA) is 57.7 Å². The molecule has 2 heterocycles. The van der Waals surface area contributed by atoms with Gasteiger partial charge < -0.3 is 19.9 Å². The van der Waals surface area contributed by atoms with Gasteiger partial charge in [0.05, 0.1) is 7.11 Å². The van der Waals surface area contributed by atoms with Crippen molar-refractivity contribution in [3.63, 3.8) is 0 Å². The summed E-state index contributed by atoms with van der Waals surface area (Å²) in [4.78, 5) is 22.2. The monoisotopic (exact) mass is 436 g/mol. The van der Waals surface area contributed by atoms with Crippen molar-refractivity contribution < 1.29 is 9.53 Å². The summed E-state index contributed by atoms with van der Waals surface area (Å²) in [5, 5.41) is 3.16. The van der Waals surface area contributed by atoms with Crippen LogP contribution in [-0.2, 0) is 13.1 Å². The molecule has 0 spiro atoms. The van der Waals surface area contributed by atoms with Crippen LogP contribution in [0.1, 0.15) is 56.6 Å². The van der Waals surface area contributed by atoms with E-state index >= 15 is 0 Å². The fraction of sp³-hybridized carbons (Fsp3) is 0.538. The van der Waals surface area contributed by atoms with Gasteiger partial charge in [-0.05, 0) is 73.9 Å². The molecule has 2 aromatic rings. The van der Waals surface area contributed by atoms with Crippen LogP contribution in [0.2, 0.25) is 0 Å². The number of aromatic nitrogens is 1. The Bertz CT molecular complexity index is 874. The summed E-state index contributed by atoms with van der Waals surface area (Å²) in [6, 6.07) is 12.3. The van der Waals surface area contributed by atoms with Gasteiger partial charge in [-0.25, -0.2) is 9.78 Å². The maximum Gasteiger partial charge on any atom is 0.318 e. The highest BCUT2D eigenvalue weighted by atomic mass is 16.5. The van der Waals surface area contributed by atoms with E-state index in [1.54, 1.807) is 7.11 Å². The molecule has 2 amide bonds. The third-order valence-corrected chi connectivity index (χ3v) is 6.75. The summed E-state index contributed by atoms with van der Waals surface area (Å²) < 4.78 is 5.26. The van der Waals surface area contributed by atoms with E-state index in [-0.39, 0.29) is 12.1 Å². The molecule has 32 heavy (non-hydrogen) atoms. The smallest absolute Gasteiger partial charge is 0.318 e. The number of amides is 2. The van der Waals surface area contributed by atoms with Gasteiger partial charge in [0.15, 0.2) is 0 Å². The summed E-state index contributed by atoms with van der Waals surface area (Å²) in [5.74, 6) is 2.47. The predicted molar refractivity (Wildman–Crippen MR) is 128 cm³/mol. The molecule has 1 aromatic carbocycles. The number of ether oxygens (including phenoxy) is 1. The zero-order valence-electron chi connectivity index (χ0n) is 19.4. The van der Waals surface area contributed by atoms with Crippen molar-refractivity contribution >= 4 is 11.8 Å². The fourth-order valence-corrected chi connectivity index (χ4v) is 4.48. The first-order valence-electron chi connectivity index (χ1n) is 12.0. The highest BCUT2D eigenvalue weighted by molar-refractivity contribution is 5.74. The lowest BCUT2D eigenvalue weighted by atomic mass is 10.1. The second kappa shape index (κ2) is 10.7. The highest BCUT2D eigenvalue weighted by Gasteiger charge is 2.34. The molecule has 1 aliphatic carbocycles. The summed E-state index contributed by atoms with van der Waals surface area (Å²) in [5.41, 5.74) is 2.21. The SMILES string of the molecule is COc1ccc(CN(C(=O)NCc2ccnc(N3CCCCCC3)c2)C(C)C2CC2)cc1. The normalized spacial score (nSPS) is 17.4. The van der Waals surface area contributed by atoms with Crippen molar-refractivity contribution in [1.29, 1.82) is 0 Å². The minimum Gasteiger partial charge on any atom is -0.497 e. The highest BCUT2D eigenvalue weighted by Crippen LogP contribution is 2.35. The molecule has 1 unspecified atom stereocenters. The first-order chi connectivity index (χ1) is 15.6. The van der Waals surface area contributed by atoms with Crippen LogP contribution >= 0.6 is 0 Å². The lowest BCUT2D eigenvalue weighted by Crippen LogP contribution is -2.45. The number of nitrogens with zero attached hydrogens (tertiary/aromatic N) is 3. The Hall–Kier alpha value is -2.76. The second-order valence-electron chi connectivity index (χ2n) is 9.14. The molecule has 6 nitrogen and oxygen atoms in total. The van der Waals surface area contributed by atoms with Crippen LogP contribution in [0, 0.1) is 5.92 Å². The molecule has 1 aliphatic heterocycles. The van der Waals surface area contributed by atoms with Crippen LogP contribution in [0.25, 0.3) is 0 Å². The van der Waals surface area contributed by atoms with Gasteiger partial charge in [0.2, 0.25) is 0 Å². The van der Waals surface area contributed by atoms with E-state index in [0.717, 1.165) is 35.8 Å².